The van der Waals surface area contributed by atoms with Crippen LogP contribution in [0.3, 0.4) is 0 Å². The number of hydrogen-bond donors (Lipinski definition) is 1. The van der Waals surface area contributed by atoms with E-state index in [1.165, 1.54) is 26.7 Å². The first-order valence-corrected chi connectivity index (χ1v) is 7.16. The normalized spacial score (nSPS) is 11.7. The molecule has 1 N–H and O–H groups in total. The molecule has 0 aliphatic carbocycles. The number of carboxylic acid groups (broad SMARTS) is 1. The van der Waals surface area contributed by atoms with Crippen LogP contribution in [-0.2, 0) is 23.2 Å². The zero-order chi connectivity index (χ0) is 14.5. The van der Waals surface area contributed by atoms with Crippen LogP contribution in [0.15, 0.2) is 10.5 Å². The van der Waals surface area contributed by atoms with Gasteiger partial charge >= 0.3 is 37.3 Å². The molecular formula is C8H11N3NaO6PS. The number of carboxylic acids is 1. The Bertz CT molecular complexity index is 528. The van der Waals surface area contributed by atoms with Crippen molar-refractivity contribution in [3.8, 4) is 0 Å². The molecule has 1 rings (SSSR count). The quantitative estimate of drug-likeness (QED) is 0.244. The van der Waals surface area contributed by atoms with E-state index in [-0.39, 0.29) is 40.4 Å². The SMILES string of the molecule is CO/N=C(/C(=O)[O-])c1csc(NP(=O)(OC)OC)n1.[Na+]. The van der Waals surface area contributed by atoms with Gasteiger partial charge in [0.15, 0.2) is 10.8 Å². The zero-order valence-corrected chi connectivity index (χ0v) is 15.0. The maximum Gasteiger partial charge on any atom is 1.00 e. The molecule has 20 heavy (non-hydrogen) atoms. The number of anilines is 1. The Morgan fingerprint density at radius 2 is 2.05 bits per heavy atom. The third kappa shape index (κ3) is 5.13. The molecule has 0 unspecified atom stereocenters. The minimum Gasteiger partial charge on any atom is -0.543 e. The number of aromatic nitrogens is 1. The number of carbonyl (C=O) groups is 1. The van der Waals surface area contributed by atoms with Crippen LogP contribution < -0.4 is 39.8 Å². The summed E-state index contributed by atoms with van der Waals surface area (Å²) in [5.74, 6) is -1.54. The second-order valence-electron chi connectivity index (χ2n) is 2.92. The molecule has 0 aromatic carbocycles. The van der Waals surface area contributed by atoms with Crippen LogP contribution in [0.25, 0.3) is 0 Å². The van der Waals surface area contributed by atoms with Gasteiger partial charge in [-0.05, 0) is 0 Å². The van der Waals surface area contributed by atoms with Gasteiger partial charge < -0.3 is 14.7 Å². The van der Waals surface area contributed by atoms with Gasteiger partial charge in [0.25, 0.3) is 0 Å². The van der Waals surface area contributed by atoms with Crippen molar-refractivity contribution in [1.82, 2.24) is 4.98 Å². The van der Waals surface area contributed by atoms with Crippen LogP contribution in [0, 0.1) is 0 Å². The Labute approximate surface area is 141 Å². The molecule has 1 aromatic rings. The third-order valence-corrected chi connectivity index (χ3v) is 4.19. The fraction of sp³-hybridized carbons (Fsp3) is 0.375. The van der Waals surface area contributed by atoms with Crippen molar-refractivity contribution in [2.75, 3.05) is 26.4 Å². The van der Waals surface area contributed by atoms with Crippen molar-refractivity contribution in [3.63, 3.8) is 0 Å². The molecule has 12 heteroatoms. The van der Waals surface area contributed by atoms with Gasteiger partial charge in [0, 0.05) is 19.6 Å². The second-order valence-corrected chi connectivity index (χ2v) is 5.73. The van der Waals surface area contributed by atoms with E-state index in [1.807, 2.05) is 0 Å². The molecular weight excluding hydrogens is 320 g/mol. The van der Waals surface area contributed by atoms with E-state index in [1.54, 1.807) is 0 Å². The number of oxime groups is 1. The van der Waals surface area contributed by atoms with Gasteiger partial charge in [0.05, 0.1) is 5.97 Å². The minimum absolute atomic E-state index is 0. The van der Waals surface area contributed by atoms with E-state index in [4.69, 9.17) is 0 Å². The van der Waals surface area contributed by atoms with Crippen LogP contribution in [0.1, 0.15) is 5.69 Å². The fourth-order valence-corrected chi connectivity index (χ4v) is 2.70. The van der Waals surface area contributed by atoms with Crippen molar-refractivity contribution in [2.45, 2.75) is 0 Å². The molecule has 0 radical (unpaired) electrons. The number of nitrogens with zero attached hydrogens (tertiary/aromatic N) is 2. The smallest absolute Gasteiger partial charge is 0.543 e. The molecule has 0 bridgehead atoms. The van der Waals surface area contributed by atoms with Gasteiger partial charge in [-0.15, -0.1) is 11.3 Å². The second kappa shape index (κ2) is 8.73. The monoisotopic (exact) mass is 331 g/mol. The maximum atomic E-state index is 11.8. The Morgan fingerprint density at radius 3 is 2.50 bits per heavy atom. The molecule has 106 valence electrons. The average Bonchev–Trinajstić information content (AvgIpc) is 2.83. The Kier molecular flexibility index (Phi) is 8.52. The Morgan fingerprint density at radius 1 is 1.45 bits per heavy atom. The summed E-state index contributed by atoms with van der Waals surface area (Å²) in [6.07, 6.45) is 0. The molecule has 0 atom stereocenters. The number of hydrogen-bond acceptors (Lipinski definition) is 9. The molecule has 0 spiro atoms. The third-order valence-electron chi connectivity index (χ3n) is 1.84. The summed E-state index contributed by atoms with van der Waals surface area (Å²) in [5.41, 5.74) is -0.468. The maximum absolute atomic E-state index is 11.8. The first-order chi connectivity index (χ1) is 8.95. The molecule has 0 saturated heterocycles. The van der Waals surface area contributed by atoms with Crippen molar-refractivity contribution in [1.29, 1.82) is 0 Å². The van der Waals surface area contributed by atoms with Crippen molar-refractivity contribution in [3.05, 3.63) is 11.1 Å². The first-order valence-electron chi connectivity index (χ1n) is 4.74. The van der Waals surface area contributed by atoms with Crippen molar-refractivity contribution >= 4 is 35.9 Å². The summed E-state index contributed by atoms with van der Waals surface area (Å²) in [6.45, 7) is 0. The topological polar surface area (TPSA) is 122 Å². The van der Waals surface area contributed by atoms with E-state index < -0.39 is 19.4 Å². The molecule has 9 nitrogen and oxygen atoms in total. The molecule has 0 fully saturated rings. The average molecular weight is 331 g/mol. The summed E-state index contributed by atoms with van der Waals surface area (Å²) in [4.78, 5) is 19.1. The number of aliphatic carboxylic acids is 1. The van der Waals surface area contributed by atoms with Crippen LogP contribution in [0.4, 0.5) is 5.13 Å². The van der Waals surface area contributed by atoms with Crippen LogP contribution in [0.2, 0.25) is 0 Å². The van der Waals surface area contributed by atoms with Crippen LogP contribution >= 0.6 is 19.1 Å². The molecule has 0 aliphatic heterocycles. The summed E-state index contributed by atoms with van der Waals surface area (Å²) in [6, 6.07) is 0. The van der Waals surface area contributed by atoms with Gasteiger partial charge in [-0.1, -0.05) is 5.16 Å². The largest absolute Gasteiger partial charge is 1.00 e. The predicted molar refractivity (Wildman–Crippen MR) is 65.9 cm³/mol. The summed E-state index contributed by atoms with van der Waals surface area (Å²) in [7, 11) is 0.0960. The minimum atomic E-state index is -3.50. The molecule has 1 aromatic heterocycles. The number of carbonyl (C=O) groups excluding carboxylic acids is 1. The van der Waals surface area contributed by atoms with E-state index in [0.29, 0.717) is 0 Å². The number of rotatable bonds is 7. The van der Waals surface area contributed by atoms with Crippen LogP contribution in [0.5, 0.6) is 0 Å². The van der Waals surface area contributed by atoms with Gasteiger partial charge in [-0.3, -0.25) is 14.1 Å². The number of thiazole rings is 1. The molecule has 0 aliphatic rings. The van der Waals surface area contributed by atoms with Gasteiger partial charge in [-0.25, -0.2) is 9.55 Å². The van der Waals surface area contributed by atoms with Crippen molar-refractivity contribution in [2.24, 2.45) is 5.16 Å². The standard InChI is InChI=1S/C8H12N3O6PS.Na/c1-15-10-6(7(12)13)5-4-19-8(9-5)11-18(14,16-2)17-3;/h4H,1-3H3,(H,12,13)(H,9,11,14);/q;+1/p-1/b10-6+;. The number of nitrogens with one attached hydrogen (secondary N) is 1. The van der Waals surface area contributed by atoms with Gasteiger partial charge in [0.2, 0.25) is 0 Å². The van der Waals surface area contributed by atoms with Gasteiger partial charge in [-0.2, -0.15) is 0 Å². The molecule has 1 heterocycles. The van der Waals surface area contributed by atoms with E-state index in [2.05, 4.69) is 29.1 Å². The van der Waals surface area contributed by atoms with Gasteiger partial charge in [0.1, 0.15) is 12.8 Å². The Balaban J connectivity index is 0.00000361. The van der Waals surface area contributed by atoms with E-state index in [9.17, 15) is 14.5 Å². The zero-order valence-electron chi connectivity index (χ0n) is 11.3. The molecule has 0 amide bonds. The first kappa shape index (κ1) is 19.5. The summed E-state index contributed by atoms with van der Waals surface area (Å²) < 4.78 is 21.1. The predicted octanol–water partition coefficient (Wildman–Crippen LogP) is -2.94. The van der Waals surface area contributed by atoms with Crippen molar-refractivity contribution < 1.29 is 57.9 Å². The van der Waals surface area contributed by atoms with E-state index >= 15 is 0 Å². The van der Waals surface area contributed by atoms with E-state index in [0.717, 1.165) is 11.3 Å². The molecule has 0 saturated carbocycles. The van der Waals surface area contributed by atoms with Crippen LogP contribution in [-0.4, -0.2) is 38.0 Å². The summed E-state index contributed by atoms with van der Waals surface area (Å²) >= 11 is 0.997. The summed E-state index contributed by atoms with van der Waals surface area (Å²) in [5, 5.41) is 18.0. The fourth-order valence-electron chi connectivity index (χ4n) is 0.997. The Hall–Kier alpha value is -0.480.